The predicted molar refractivity (Wildman–Crippen MR) is 100.0 cm³/mol. The minimum Gasteiger partial charge on any atom is -0.454 e. The minimum atomic E-state index is -0.259. The van der Waals surface area contributed by atoms with E-state index in [4.69, 9.17) is 9.47 Å². The number of ether oxygens (including phenoxy) is 2. The third kappa shape index (κ3) is 2.46. The van der Waals surface area contributed by atoms with E-state index in [0.29, 0.717) is 6.04 Å². The Bertz CT molecular complexity index is 892. The molecule has 0 spiro atoms. The van der Waals surface area contributed by atoms with Crippen LogP contribution in [0.2, 0.25) is 0 Å². The summed E-state index contributed by atoms with van der Waals surface area (Å²) in [5, 5.41) is 7.58. The number of amides is 1. The third-order valence-electron chi connectivity index (χ3n) is 5.32. The number of thiophene rings is 1. The monoisotopic (exact) mass is 371 g/mol. The van der Waals surface area contributed by atoms with Gasteiger partial charge in [-0.1, -0.05) is 6.07 Å². The first-order valence-corrected chi connectivity index (χ1v) is 9.77. The molecule has 0 bridgehead atoms. The summed E-state index contributed by atoms with van der Waals surface area (Å²) < 4.78 is 10.8. The van der Waals surface area contributed by atoms with E-state index in [2.05, 4.69) is 29.4 Å². The highest BCUT2D eigenvalue weighted by molar-refractivity contribution is 7.16. The lowest BCUT2D eigenvalue weighted by Gasteiger charge is -2.31. The average molecular weight is 371 g/mol. The Morgan fingerprint density at radius 1 is 1.23 bits per heavy atom. The lowest BCUT2D eigenvalue weighted by molar-refractivity contribution is 0.0934. The molecule has 2 aromatic rings. The van der Waals surface area contributed by atoms with Gasteiger partial charge in [0.1, 0.15) is 11.2 Å². The second-order valence-electron chi connectivity index (χ2n) is 7.19. The SMILES string of the molecule is CC(C)N1CCc2c(sc3c2C(=O)N[C@H](c2ccc4c(c2)OCO4)N3)C1. The largest absolute Gasteiger partial charge is 0.454 e. The van der Waals surface area contributed by atoms with Crippen LogP contribution in [0.4, 0.5) is 5.00 Å². The van der Waals surface area contributed by atoms with Crippen molar-refractivity contribution < 1.29 is 14.3 Å². The summed E-state index contributed by atoms with van der Waals surface area (Å²) in [6.07, 6.45) is 0.675. The van der Waals surface area contributed by atoms with Gasteiger partial charge in [-0.25, -0.2) is 0 Å². The van der Waals surface area contributed by atoms with E-state index in [1.807, 2.05) is 18.2 Å². The van der Waals surface area contributed by atoms with Gasteiger partial charge in [0.25, 0.3) is 5.91 Å². The Labute approximate surface area is 156 Å². The van der Waals surface area contributed by atoms with Gasteiger partial charge in [-0.3, -0.25) is 9.69 Å². The highest BCUT2D eigenvalue weighted by atomic mass is 32.1. The summed E-state index contributed by atoms with van der Waals surface area (Å²) in [6, 6.07) is 6.30. The predicted octanol–water partition coefficient (Wildman–Crippen LogP) is 3.10. The van der Waals surface area contributed by atoms with Gasteiger partial charge in [0.2, 0.25) is 6.79 Å². The van der Waals surface area contributed by atoms with Crippen LogP contribution in [0.1, 0.15) is 46.4 Å². The van der Waals surface area contributed by atoms with Gasteiger partial charge in [-0.15, -0.1) is 11.3 Å². The van der Waals surface area contributed by atoms with Crippen LogP contribution >= 0.6 is 11.3 Å². The highest BCUT2D eigenvalue weighted by Crippen LogP contribution is 2.42. The Morgan fingerprint density at radius 2 is 2.08 bits per heavy atom. The Kier molecular flexibility index (Phi) is 3.62. The van der Waals surface area contributed by atoms with E-state index >= 15 is 0 Å². The van der Waals surface area contributed by atoms with E-state index in [1.54, 1.807) is 11.3 Å². The molecule has 26 heavy (non-hydrogen) atoms. The third-order valence-corrected chi connectivity index (χ3v) is 6.47. The zero-order chi connectivity index (χ0) is 17.8. The average Bonchev–Trinajstić information content (AvgIpc) is 3.24. The molecule has 0 aliphatic carbocycles. The molecule has 6 nitrogen and oxygen atoms in total. The van der Waals surface area contributed by atoms with Crippen LogP contribution in [0.25, 0.3) is 0 Å². The molecule has 0 radical (unpaired) electrons. The highest BCUT2D eigenvalue weighted by Gasteiger charge is 2.34. The van der Waals surface area contributed by atoms with Crippen LogP contribution < -0.4 is 20.1 Å². The number of benzene rings is 1. The first kappa shape index (κ1) is 16.0. The molecule has 2 N–H and O–H groups in total. The fourth-order valence-electron chi connectivity index (χ4n) is 3.84. The lowest BCUT2D eigenvalue weighted by atomic mass is 9.99. The quantitative estimate of drug-likeness (QED) is 0.849. The smallest absolute Gasteiger partial charge is 0.256 e. The molecule has 1 amide bonds. The molecule has 0 saturated heterocycles. The zero-order valence-corrected chi connectivity index (χ0v) is 15.6. The van der Waals surface area contributed by atoms with E-state index in [0.717, 1.165) is 47.1 Å². The summed E-state index contributed by atoms with van der Waals surface area (Å²) in [5.41, 5.74) is 3.02. The molecule has 0 unspecified atom stereocenters. The van der Waals surface area contributed by atoms with Gasteiger partial charge in [0, 0.05) is 24.0 Å². The minimum absolute atomic E-state index is 0.0110. The number of anilines is 1. The number of fused-ring (bicyclic) bond motifs is 4. The second-order valence-corrected chi connectivity index (χ2v) is 8.29. The van der Waals surface area contributed by atoms with Crippen molar-refractivity contribution in [2.24, 2.45) is 0 Å². The molecule has 0 fully saturated rings. The maximum Gasteiger partial charge on any atom is 0.256 e. The van der Waals surface area contributed by atoms with Crippen molar-refractivity contribution in [3.63, 3.8) is 0 Å². The fraction of sp³-hybridized carbons (Fsp3) is 0.421. The molecule has 3 aliphatic rings. The molecule has 3 aliphatic heterocycles. The van der Waals surface area contributed by atoms with Gasteiger partial charge in [-0.2, -0.15) is 0 Å². The molecular weight excluding hydrogens is 350 g/mol. The molecule has 5 rings (SSSR count). The molecule has 136 valence electrons. The first-order valence-electron chi connectivity index (χ1n) is 8.95. The van der Waals surface area contributed by atoms with E-state index in [-0.39, 0.29) is 18.9 Å². The van der Waals surface area contributed by atoms with Gasteiger partial charge in [0.15, 0.2) is 11.5 Å². The van der Waals surface area contributed by atoms with Crippen molar-refractivity contribution in [2.45, 2.75) is 39.0 Å². The van der Waals surface area contributed by atoms with Gasteiger partial charge < -0.3 is 20.1 Å². The number of carbonyl (C=O) groups excluding carboxylic acids is 1. The van der Waals surface area contributed by atoms with Crippen molar-refractivity contribution >= 4 is 22.2 Å². The number of rotatable bonds is 2. The van der Waals surface area contributed by atoms with Crippen LogP contribution in [-0.4, -0.2) is 30.2 Å². The Morgan fingerprint density at radius 3 is 2.92 bits per heavy atom. The lowest BCUT2D eigenvalue weighted by Crippen LogP contribution is -2.39. The van der Waals surface area contributed by atoms with Crippen LogP contribution in [-0.2, 0) is 13.0 Å². The number of nitrogens with zero attached hydrogens (tertiary/aromatic N) is 1. The number of hydrogen-bond donors (Lipinski definition) is 2. The summed E-state index contributed by atoms with van der Waals surface area (Å²) in [5.74, 6) is 1.48. The van der Waals surface area contributed by atoms with Gasteiger partial charge in [-0.05, 0) is 43.5 Å². The van der Waals surface area contributed by atoms with Gasteiger partial charge >= 0.3 is 0 Å². The normalized spacial score (nSPS) is 21.2. The maximum absolute atomic E-state index is 12.8. The Balaban J connectivity index is 1.46. The molecule has 4 heterocycles. The molecule has 1 aromatic heterocycles. The van der Waals surface area contributed by atoms with Crippen LogP contribution in [0.15, 0.2) is 18.2 Å². The summed E-state index contributed by atoms with van der Waals surface area (Å²) in [6.45, 7) is 6.62. The van der Waals surface area contributed by atoms with Crippen LogP contribution in [0, 0.1) is 0 Å². The standard InChI is InChI=1S/C19H21N3O3S/c1-10(2)22-6-5-12-15(8-22)26-19-16(12)18(23)20-17(21-19)11-3-4-13-14(7-11)25-9-24-13/h3-4,7,10,17,21H,5-6,8-9H2,1-2H3,(H,20,23)/t17-/m0/s1. The van der Waals surface area contributed by atoms with Crippen molar-refractivity contribution in [1.29, 1.82) is 0 Å². The van der Waals surface area contributed by atoms with Crippen LogP contribution in [0.5, 0.6) is 11.5 Å². The van der Waals surface area contributed by atoms with Crippen molar-refractivity contribution in [2.75, 3.05) is 18.7 Å². The van der Waals surface area contributed by atoms with Gasteiger partial charge in [0.05, 0.1) is 5.56 Å². The van der Waals surface area contributed by atoms with E-state index in [1.165, 1.54) is 10.4 Å². The summed E-state index contributed by atoms with van der Waals surface area (Å²) in [4.78, 5) is 16.6. The van der Waals surface area contributed by atoms with Crippen molar-refractivity contribution in [3.05, 3.63) is 39.8 Å². The molecule has 1 aromatic carbocycles. The van der Waals surface area contributed by atoms with Crippen molar-refractivity contribution in [3.8, 4) is 11.5 Å². The van der Waals surface area contributed by atoms with Crippen LogP contribution in [0.3, 0.4) is 0 Å². The van der Waals surface area contributed by atoms with E-state index < -0.39 is 0 Å². The van der Waals surface area contributed by atoms with Crippen molar-refractivity contribution in [1.82, 2.24) is 10.2 Å². The first-order chi connectivity index (χ1) is 12.6. The maximum atomic E-state index is 12.8. The second kappa shape index (κ2) is 5.89. The molecular formula is C19H21N3O3S. The zero-order valence-electron chi connectivity index (χ0n) is 14.8. The molecule has 1 atom stereocenters. The number of nitrogens with one attached hydrogen (secondary N) is 2. The van der Waals surface area contributed by atoms with E-state index in [9.17, 15) is 4.79 Å². The number of hydrogen-bond acceptors (Lipinski definition) is 6. The molecule has 7 heteroatoms. The summed E-state index contributed by atoms with van der Waals surface area (Å²) >= 11 is 1.72. The Hall–Kier alpha value is -2.25. The summed E-state index contributed by atoms with van der Waals surface area (Å²) in [7, 11) is 0. The number of carbonyl (C=O) groups is 1. The topological polar surface area (TPSA) is 62.8 Å². The molecule has 0 saturated carbocycles. The fourth-order valence-corrected chi connectivity index (χ4v) is 5.13.